The summed E-state index contributed by atoms with van der Waals surface area (Å²) in [6, 6.07) is 9.55. The minimum atomic E-state index is 0.348. The molecule has 27 heavy (non-hydrogen) atoms. The second kappa shape index (κ2) is 8.24. The second-order valence-corrected chi connectivity index (χ2v) is 7.26. The molecule has 9 heteroatoms. The Morgan fingerprint density at radius 1 is 1.15 bits per heavy atom. The van der Waals surface area contributed by atoms with Gasteiger partial charge in [0.15, 0.2) is 11.5 Å². The Morgan fingerprint density at radius 3 is 2.74 bits per heavy atom. The van der Waals surface area contributed by atoms with Crippen LogP contribution in [0.3, 0.4) is 0 Å². The Kier molecular flexibility index (Phi) is 5.37. The summed E-state index contributed by atoms with van der Waals surface area (Å²) in [5, 5.41) is 22.9. The molecule has 3 aromatic rings. The molecule has 0 aliphatic carbocycles. The highest BCUT2D eigenvalue weighted by molar-refractivity contribution is 7.13. The number of nitrogens with zero attached hydrogens (tertiary/aromatic N) is 7. The number of aryl methyl sites for hydroxylation is 1. The number of aromatic nitrogens is 4. The van der Waals surface area contributed by atoms with Gasteiger partial charge in [-0.3, -0.25) is 4.90 Å². The topological polar surface area (TPSA) is 95.0 Å². The van der Waals surface area contributed by atoms with Gasteiger partial charge in [0.1, 0.15) is 6.07 Å². The van der Waals surface area contributed by atoms with Crippen LogP contribution < -0.4 is 4.90 Å². The molecule has 4 rings (SSSR count). The van der Waals surface area contributed by atoms with Gasteiger partial charge in [-0.15, -0.1) is 21.5 Å². The largest absolute Gasteiger partial charge is 0.353 e. The Balaban J connectivity index is 1.21. The van der Waals surface area contributed by atoms with Gasteiger partial charge in [0.25, 0.3) is 0 Å². The van der Waals surface area contributed by atoms with Crippen LogP contribution in [-0.4, -0.2) is 58.0 Å². The van der Waals surface area contributed by atoms with E-state index in [1.807, 2.05) is 29.6 Å². The first-order valence-electron chi connectivity index (χ1n) is 8.89. The SMILES string of the molecule is N#Cc1ccc(N2CCN(CCCc3nc(-c4cccs4)no3)CC2)nn1. The van der Waals surface area contributed by atoms with E-state index in [4.69, 9.17) is 9.78 Å². The monoisotopic (exact) mass is 381 g/mol. The zero-order valence-electron chi connectivity index (χ0n) is 14.8. The third-order valence-electron chi connectivity index (χ3n) is 4.54. The van der Waals surface area contributed by atoms with Crippen molar-refractivity contribution in [2.75, 3.05) is 37.6 Å². The lowest BCUT2D eigenvalue weighted by molar-refractivity contribution is 0.250. The first-order valence-corrected chi connectivity index (χ1v) is 9.77. The van der Waals surface area contributed by atoms with Crippen molar-refractivity contribution in [3.63, 3.8) is 0 Å². The number of nitriles is 1. The lowest BCUT2D eigenvalue weighted by Gasteiger charge is -2.35. The molecule has 0 aromatic carbocycles. The molecule has 1 aliphatic rings. The van der Waals surface area contributed by atoms with E-state index >= 15 is 0 Å². The number of anilines is 1. The molecule has 0 spiro atoms. The van der Waals surface area contributed by atoms with E-state index in [0.717, 1.165) is 56.3 Å². The number of thiophene rings is 1. The molecule has 1 saturated heterocycles. The van der Waals surface area contributed by atoms with Gasteiger partial charge in [-0.05, 0) is 36.5 Å². The van der Waals surface area contributed by atoms with Gasteiger partial charge in [0, 0.05) is 32.6 Å². The standard InChI is InChI=1S/C18H19N7OS/c19-13-14-5-6-16(22-21-14)25-10-8-24(9-11-25)7-1-4-17-20-18(23-26-17)15-3-2-12-27-15/h2-3,5-6,12H,1,4,7-11H2. The zero-order chi connectivity index (χ0) is 18.5. The number of rotatable bonds is 6. The van der Waals surface area contributed by atoms with Crippen LogP contribution in [0.4, 0.5) is 5.82 Å². The molecule has 1 aliphatic heterocycles. The van der Waals surface area contributed by atoms with E-state index in [0.29, 0.717) is 17.4 Å². The predicted molar refractivity (Wildman–Crippen MR) is 101 cm³/mol. The van der Waals surface area contributed by atoms with Crippen LogP contribution in [0.2, 0.25) is 0 Å². The normalized spacial score (nSPS) is 15.0. The summed E-state index contributed by atoms with van der Waals surface area (Å²) >= 11 is 1.61. The van der Waals surface area contributed by atoms with Crippen LogP contribution >= 0.6 is 11.3 Å². The molecule has 8 nitrogen and oxygen atoms in total. The van der Waals surface area contributed by atoms with E-state index in [1.54, 1.807) is 17.4 Å². The summed E-state index contributed by atoms with van der Waals surface area (Å²) in [6.45, 7) is 4.77. The third-order valence-corrected chi connectivity index (χ3v) is 5.40. The maximum absolute atomic E-state index is 8.80. The minimum Gasteiger partial charge on any atom is -0.353 e. The highest BCUT2D eigenvalue weighted by atomic mass is 32.1. The fourth-order valence-corrected chi connectivity index (χ4v) is 3.72. The van der Waals surface area contributed by atoms with Crippen molar-refractivity contribution in [2.24, 2.45) is 0 Å². The fourth-order valence-electron chi connectivity index (χ4n) is 3.07. The van der Waals surface area contributed by atoms with E-state index in [1.165, 1.54) is 0 Å². The van der Waals surface area contributed by atoms with Crippen molar-refractivity contribution in [1.29, 1.82) is 5.26 Å². The lowest BCUT2D eigenvalue weighted by atomic mass is 10.2. The molecule has 0 radical (unpaired) electrons. The maximum Gasteiger partial charge on any atom is 0.227 e. The van der Waals surface area contributed by atoms with Crippen LogP contribution in [0.25, 0.3) is 10.7 Å². The summed E-state index contributed by atoms with van der Waals surface area (Å²) in [5.74, 6) is 2.21. The summed E-state index contributed by atoms with van der Waals surface area (Å²) < 4.78 is 5.35. The van der Waals surface area contributed by atoms with Crippen molar-refractivity contribution in [2.45, 2.75) is 12.8 Å². The van der Waals surface area contributed by atoms with Crippen LogP contribution in [0.5, 0.6) is 0 Å². The quantitative estimate of drug-likeness (QED) is 0.641. The van der Waals surface area contributed by atoms with Crippen molar-refractivity contribution in [3.8, 4) is 16.8 Å². The van der Waals surface area contributed by atoms with Crippen molar-refractivity contribution < 1.29 is 4.52 Å². The van der Waals surface area contributed by atoms with Crippen LogP contribution in [-0.2, 0) is 6.42 Å². The molecule has 4 heterocycles. The number of piperazine rings is 1. The molecule has 0 bridgehead atoms. The van der Waals surface area contributed by atoms with E-state index in [9.17, 15) is 0 Å². The summed E-state index contributed by atoms with van der Waals surface area (Å²) in [7, 11) is 0. The fraction of sp³-hybridized carbons (Fsp3) is 0.389. The van der Waals surface area contributed by atoms with Crippen LogP contribution in [0, 0.1) is 11.3 Å². The Bertz CT molecular complexity index is 893. The van der Waals surface area contributed by atoms with E-state index < -0.39 is 0 Å². The maximum atomic E-state index is 8.80. The van der Waals surface area contributed by atoms with Crippen molar-refractivity contribution in [1.82, 2.24) is 25.2 Å². The van der Waals surface area contributed by atoms with E-state index in [-0.39, 0.29) is 0 Å². The number of hydrogen-bond acceptors (Lipinski definition) is 9. The van der Waals surface area contributed by atoms with E-state index in [2.05, 4.69) is 30.1 Å². The summed E-state index contributed by atoms with van der Waals surface area (Å²) in [5.41, 5.74) is 0.348. The molecule has 0 unspecified atom stereocenters. The highest BCUT2D eigenvalue weighted by Crippen LogP contribution is 2.21. The summed E-state index contributed by atoms with van der Waals surface area (Å²) in [4.78, 5) is 10.1. The van der Waals surface area contributed by atoms with Gasteiger partial charge >= 0.3 is 0 Å². The Hall–Kier alpha value is -2.83. The zero-order valence-corrected chi connectivity index (χ0v) is 15.6. The first kappa shape index (κ1) is 17.6. The van der Waals surface area contributed by atoms with Gasteiger partial charge in [0.2, 0.25) is 11.7 Å². The highest BCUT2D eigenvalue weighted by Gasteiger charge is 2.18. The van der Waals surface area contributed by atoms with Crippen molar-refractivity contribution in [3.05, 3.63) is 41.2 Å². The van der Waals surface area contributed by atoms with Gasteiger partial charge in [0.05, 0.1) is 4.88 Å². The average Bonchev–Trinajstić information content (AvgIpc) is 3.40. The third kappa shape index (κ3) is 4.30. The van der Waals surface area contributed by atoms with Gasteiger partial charge in [-0.1, -0.05) is 11.2 Å². The second-order valence-electron chi connectivity index (χ2n) is 6.31. The molecule has 138 valence electrons. The predicted octanol–water partition coefficient (Wildman–Crippen LogP) is 2.21. The molecule has 0 amide bonds. The van der Waals surface area contributed by atoms with Crippen LogP contribution in [0.1, 0.15) is 18.0 Å². The average molecular weight is 381 g/mol. The minimum absolute atomic E-state index is 0.348. The first-order chi connectivity index (χ1) is 13.3. The molecular formula is C18H19N7OS. The molecule has 0 N–H and O–H groups in total. The molecular weight excluding hydrogens is 362 g/mol. The molecule has 0 saturated carbocycles. The molecule has 3 aromatic heterocycles. The molecule has 0 atom stereocenters. The smallest absolute Gasteiger partial charge is 0.227 e. The molecule has 1 fully saturated rings. The Labute approximate surface area is 161 Å². The Morgan fingerprint density at radius 2 is 2.04 bits per heavy atom. The number of hydrogen-bond donors (Lipinski definition) is 0. The van der Waals surface area contributed by atoms with Gasteiger partial charge in [-0.2, -0.15) is 10.2 Å². The van der Waals surface area contributed by atoms with Gasteiger partial charge < -0.3 is 9.42 Å². The van der Waals surface area contributed by atoms with Gasteiger partial charge in [-0.25, -0.2) is 0 Å². The summed E-state index contributed by atoms with van der Waals surface area (Å²) in [6.07, 6.45) is 1.78. The lowest BCUT2D eigenvalue weighted by Crippen LogP contribution is -2.47. The van der Waals surface area contributed by atoms with Crippen molar-refractivity contribution >= 4 is 17.2 Å². The van der Waals surface area contributed by atoms with Crippen LogP contribution in [0.15, 0.2) is 34.2 Å².